The molecule has 0 atom stereocenters. The van der Waals surface area contributed by atoms with Crippen molar-refractivity contribution in [2.75, 3.05) is 0 Å². The lowest BCUT2D eigenvalue weighted by Gasteiger charge is -1.97. The Morgan fingerprint density at radius 3 is 2.62 bits per heavy atom. The molecule has 0 amide bonds. The summed E-state index contributed by atoms with van der Waals surface area (Å²) in [7, 11) is 0. The van der Waals surface area contributed by atoms with Gasteiger partial charge in [0.25, 0.3) is 0 Å². The van der Waals surface area contributed by atoms with Gasteiger partial charge in [-0.25, -0.2) is 0 Å². The van der Waals surface area contributed by atoms with E-state index >= 15 is 0 Å². The Kier molecular flexibility index (Phi) is 3.53. The lowest BCUT2D eigenvalue weighted by atomic mass is 10.1. The van der Waals surface area contributed by atoms with Crippen molar-refractivity contribution in [3.8, 4) is 6.07 Å². The molecule has 1 nitrogen and oxygen atoms in total. The Morgan fingerprint density at radius 2 is 2.00 bits per heavy atom. The zero-order valence-corrected chi connectivity index (χ0v) is 7.57. The molecule has 0 spiro atoms. The van der Waals surface area contributed by atoms with E-state index in [4.69, 9.17) is 5.26 Å². The number of allylic oxidation sites excluding steroid dienone is 4. The summed E-state index contributed by atoms with van der Waals surface area (Å²) in [6.45, 7) is 2.02. The predicted molar refractivity (Wildman–Crippen MR) is 54.8 cm³/mol. The number of hydrogen-bond acceptors (Lipinski definition) is 1. The Labute approximate surface area is 78.6 Å². The summed E-state index contributed by atoms with van der Waals surface area (Å²) in [6.07, 6.45) is 5.15. The summed E-state index contributed by atoms with van der Waals surface area (Å²) in [5.41, 5.74) is 2.34. The molecule has 0 aliphatic heterocycles. The summed E-state index contributed by atoms with van der Waals surface area (Å²) in [5, 5.41) is 8.28. The van der Waals surface area contributed by atoms with Crippen molar-refractivity contribution in [1.82, 2.24) is 0 Å². The van der Waals surface area contributed by atoms with Gasteiger partial charge in [0.15, 0.2) is 0 Å². The highest BCUT2D eigenvalue weighted by Crippen LogP contribution is 2.12. The molecule has 0 aliphatic rings. The molecule has 0 aliphatic carbocycles. The van der Waals surface area contributed by atoms with E-state index in [1.54, 1.807) is 6.08 Å². The van der Waals surface area contributed by atoms with Crippen molar-refractivity contribution in [3.63, 3.8) is 0 Å². The second kappa shape index (κ2) is 4.95. The zero-order valence-electron chi connectivity index (χ0n) is 7.57. The van der Waals surface area contributed by atoms with Crippen LogP contribution in [0, 0.1) is 11.3 Å². The standard InChI is InChI=1S/C12H11N/c1-11(7-5-6-10-13)12-8-3-2-4-9-12/h2-9H,1H3. The van der Waals surface area contributed by atoms with Crippen molar-refractivity contribution >= 4 is 5.57 Å². The molecule has 0 bridgehead atoms. The fourth-order valence-electron chi connectivity index (χ4n) is 1.03. The molecule has 0 radical (unpaired) electrons. The molecule has 0 saturated carbocycles. The van der Waals surface area contributed by atoms with E-state index in [2.05, 4.69) is 0 Å². The molecule has 0 aromatic heterocycles. The molecular weight excluding hydrogens is 158 g/mol. The average molecular weight is 169 g/mol. The number of nitriles is 1. The highest BCUT2D eigenvalue weighted by atomic mass is 14.2. The van der Waals surface area contributed by atoms with Crippen molar-refractivity contribution in [1.29, 1.82) is 5.26 Å². The minimum Gasteiger partial charge on any atom is -0.193 e. The minimum absolute atomic E-state index is 1.16. The Hall–Kier alpha value is -1.81. The monoisotopic (exact) mass is 169 g/mol. The van der Waals surface area contributed by atoms with Gasteiger partial charge >= 0.3 is 0 Å². The Balaban J connectivity index is 2.81. The van der Waals surface area contributed by atoms with Crippen molar-refractivity contribution in [2.45, 2.75) is 6.92 Å². The van der Waals surface area contributed by atoms with Crippen molar-refractivity contribution in [2.24, 2.45) is 0 Å². The van der Waals surface area contributed by atoms with Crippen LogP contribution < -0.4 is 0 Å². The zero-order chi connectivity index (χ0) is 9.52. The molecule has 0 N–H and O–H groups in total. The molecule has 1 aromatic carbocycles. The van der Waals surface area contributed by atoms with E-state index in [-0.39, 0.29) is 0 Å². The van der Waals surface area contributed by atoms with Crippen LogP contribution in [0.1, 0.15) is 12.5 Å². The molecule has 1 heteroatoms. The van der Waals surface area contributed by atoms with Gasteiger partial charge in [-0.3, -0.25) is 0 Å². The molecule has 1 rings (SSSR count). The number of nitrogens with zero attached hydrogens (tertiary/aromatic N) is 1. The normalized spacial score (nSPS) is 11.5. The third kappa shape index (κ3) is 2.96. The first-order chi connectivity index (χ1) is 6.34. The van der Waals surface area contributed by atoms with Gasteiger partial charge in [0.1, 0.15) is 0 Å². The molecular formula is C12H11N. The van der Waals surface area contributed by atoms with Gasteiger partial charge in [-0.2, -0.15) is 5.26 Å². The maximum atomic E-state index is 8.28. The van der Waals surface area contributed by atoms with Gasteiger partial charge < -0.3 is 0 Å². The quantitative estimate of drug-likeness (QED) is 0.492. The summed E-state index contributed by atoms with van der Waals surface area (Å²) < 4.78 is 0. The molecule has 0 saturated heterocycles. The van der Waals surface area contributed by atoms with Crippen LogP contribution in [0.25, 0.3) is 5.57 Å². The van der Waals surface area contributed by atoms with Gasteiger partial charge in [-0.05, 0) is 18.1 Å². The third-order valence-corrected chi connectivity index (χ3v) is 1.75. The fraction of sp³-hybridized carbons (Fsp3) is 0.0833. The van der Waals surface area contributed by atoms with Crippen molar-refractivity contribution in [3.05, 3.63) is 54.1 Å². The second-order valence-electron chi connectivity index (χ2n) is 2.70. The van der Waals surface area contributed by atoms with Crippen LogP contribution in [0.2, 0.25) is 0 Å². The lowest BCUT2D eigenvalue weighted by Crippen LogP contribution is -1.75. The van der Waals surface area contributed by atoms with Gasteiger partial charge in [-0.15, -0.1) is 0 Å². The lowest BCUT2D eigenvalue weighted by molar-refractivity contribution is 1.53. The Bertz CT molecular complexity index is 352. The first kappa shape index (κ1) is 9.28. The van der Waals surface area contributed by atoms with Crippen LogP contribution in [0.15, 0.2) is 48.6 Å². The maximum Gasteiger partial charge on any atom is 0.0912 e. The summed E-state index contributed by atoms with van der Waals surface area (Å²) in [4.78, 5) is 0. The fourth-order valence-corrected chi connectivity index (χ4v) is 1.03. The van der Waals surface area contributed by atoms with Gasteiger partial charge in [0.05, 0.1) is 6.07 Å². The molecule has 13 heavy (non-hydrogen) atoms. The second-order valence-corrected chi connectivity index (χ2v) is 2.70. The van der Waals surface area contributed by atoms with Gasteiger partial charge in [-0.1, -0.05) is 42.5 Å². The number of hydrogen-bond donors (Lipinski definition) is 0. The van der Waals surface area contributed by atoms with Crippen LogP contribution in [0.3, 0.4) is 0 Å². The average Bonchev–Trinajstić information content (AvgIpc) is 2.19. The third-order valence-electron chi connectivity index (χ3n) is 1.75. The van der Waals surface area contributed by atoms with Gasteiger partial charge in [0, 0.05) is 6.08 Å². The first-order valence-corrected chi connectivity index (χ1v) is 4.13. The predicted octanol–water partition coefficient (Wildman–Crippen LogP) is 3.17. The van der Waals surface area contributed by atoms with E-state index in [0.717, 1.165) is 5.57 Å². The topological polar surface area (TPSA) is 23.8 Å². The molecule has 1 aromatic rings. The number of rotatable bonds is 2. The Morgan fingerprint density at radius 1 is 1.31 bits per heavy atom. The smallest absolute Gasteiger partial charge is 0.0912 e. The maximum absolute atomic E-state index is 8.28. The van der Waals surface area contributed by atoms with E-state index in [0.29, 0.717) is 0 Å². The first-order valence-electron chi connectivity index (χ1n) is 4.13. The highest BCUT2D eigenvalue weighted by Gasteiger charge is 1.90. The van der Waals surface area contributed by atoms with Crippen LogP contribution in [0.5, 0.6) is 0 Å². The van der Waals surface area contributed by atoms with Crippen molar-refractivity contribution < 1.29 is 0 Å². The highest BCUT2D eigenvalue weighted by molar-refractivity contribution is 5.65. The van der Waals surface area contributed by atoms with E-state index in [9.17, 15) is 0 Å². The largest absolute Gasteiger partial charge is 0.193 e. The molecule has 0 unspecified atom stereocenters. The van der Waals surface area contributed by atoms with Crippen LogP contribution in [-0.4, -0.2) is 0 Å². The van der Waals surface area contributed by atoms with E-state index in [1.165, 1.54) is 11.6 Å². The summed E-state index contributed by atoms with van der Waals surface area (Å²) >= 11 is 0. The molecule has 0 fully saturated rings. The van der Waals surface area contributed by atoms with Gasteiger partial charge in [0.2, 0.25) is 0 Å². The minimum atomic E-state index is 1.16. The molecule has 64 valence electrons. The summed E-state index contributed by atoms with van der Waals surface area (Å²) in [5.74, 6) is 0. The molecule has 0 heterocycles. The van der Waals surface area contributed by atoms with Crippen LogP contribution in [0.4, 0.5) is 0 Å². The van der Waals surface area contributed by atoms with Crippen LogP contribution in [-0.2, 0) is 0 Å². The van der Waals surface area contributed by atoms with E-state index < -0.39 is 0 Å². The summed E-state index contributed by atoms with van der Waals surface area (Å²) in [6, 6.07) is 12.0. The van der Waals surface area contributed by atoms with Crippen LogP contribution >= 0.6 is 0 Å². The number of benzene rings is 1. The SMILES string of the molecule is CC(=CC=CC#N)c1ccccc1. The van der Waals surface area contributed by atoms with E-state index in [1.807, 2.05) is 49.4 Å².